The topological polar surface area (TPSA) is 15.3 Å². The first-order valence-corrected chi connectivity index (χ1v) is 9.90. The first kappa shape index (κ1) is 17.7. The van der Waals surface area contributed by atoms with Crippen molar-refractivity contribution in [2.24, 2.45) is 5.92 Å². The Kier molecular flexibility index (Phi) is 5.10. The molecular weight excluding hydrogens is 323 g/mol. The Labute approximate surface area is 156 Å². The van der Waals surface area contributed by atoms with Gasteiger partial charge in [0.1, 0.15) is 5.82 Å². The Morgan fingerprint density at radius 3 is 2.42 bits per heavy atom. The first-order valence-electron chi connectivity index (χ1n) is 9.90. The fraction of sp³-hybridized carbons (Fsp3) is 0.478. The van der Waals surface area contributed by atoms with Crippen LogP contribution in [-0.4, -0.2) is 25.0 Å². The number of nitrogens with one attached hydrogen (secondary N) is 1. The van der Waals surface area contributed by atoms with Gasteiger partial charge in [-0.25, -0.2) is 4.39 Å². The molecular formula is C23H29FN2. The van der Waals surface area contributed by atoms with Gasteiger partial charge < -0.3 is 10.2 Å². The van der Waals surface area contributed by atoms with Gasteiger partial charge in [-0.2, -0.15) is 0 Å². The summed E-state index contributed by atoms with van der Waals surface area (Å²) in [5, 5.41) is 3.83. The molecule has 0 unspecified atom stereocenters. The lowest BCUT2D eigenvalue weighted by molar-refractivity contribution is 0.134. The van der Waals surface area contributed by atoms with E-state index in [1.165, 1.54) is 49.0 Å². The number of rotatable bonds is 6. The van der Waals surface area contributed by atoms with Crippen LogP contribution in [0.5, 0.6) is 0 Å². The number of benzene rings is 2. The van der Waals surface area contributed by atoms with Gasteiger partial charge in [-0.1, -0.05) is 49.2 Å². The van der Waals surface area contributed by atoms with Gasteiger partial charge in [-0.05, 0) is 61.1 Å². The lowest BCUT2D eigenvalue weighted by Gasteiger charge is -2.36. The van der Waals surface area contributed by atoms with Crippen LogP contribution in [0.3, 0.4) is 0 Å². The molecule has 0 bridgehead atoms. The Morgan fingerprint density at radius 1 is 1.04 bits per heavy atom. The van der Waals surface area contributed by atoms with Crippen molar-refractivity contribution < 1.29 is 4.39 Å². The van der Waals surface area contributed by atoms with Crippen LogP contribution in [0.1, 0.15) is 42.4 Å². The van der Waals surface area contributed by atoms with E-state index in [1.807, 2.05) is 12.1 Å². The summed E-state index contributed by atoms with van der Waals surface area (Å²) in [6.45, 7) is 3.31. The molecule has 0 spiro atoms. The van der Waals surface area contributed by atoms with Crippen molar-refractivity contribution in [1.29, 1.82) is 0 Å². The monoisotopic (exact) mass is 352 g/mol. The number of hydrogen-bond donors (Lipinski definition) is 1. The zero-order chi connectivity index (χ0) is 18.0. The first-order chi connectivity index (χ1) is 12.6. The highest BCUT2D eigenvalue weighted by atomic mass is 19.1. The van der Waals surface area contributed by atoms with Crippen LogP contribution < -0.4 is 5.32 Å². The highest BCUT2D eigenvalue weighted by Gasteiger charge is 2.35. The van der Waals surface area contributed by atoms with E-state index in [4.69, 9.17) is 0 Å². The minimum atomic E-state index is -0.156. The number of hydrogen-bond acceptors (Lipinski definition) is 2. The number of halogens is 1. The quantitative estimate of drug-likeness (QED) is 0.824. The minimum absolute atomic E-state index is 0.000386. The molecule has 26 heavy (non-hydrogen) atoms. The molecule has 2 fully saturated rings. The normalized spacial score (nSPS) is 20.2. The molecule has 1 saturated carbocycles. The smallest absolute Gasteiger partial charge is 0.123 e. The Bertz CT molecular complexity index is 728. The molecule has 0 amide bonds. The Balaban J connectivity index is 1.44. The fourth-order valence-electron chi connectivity index (χ4n) is 4.74. The van der Waals surface area contributed by atoms with Crippen LogP contribution in [0.15, 0.2) is 48.5 Å². The van der Waals surface area contributed by atoms with Crippen LogP contribution in [0.25, 0.3) is 0 Å². The molecule has 2 aliphatic rings. The zero-order valence-electron chi connectivity index (χ0n) is 15.7. The van der Waals surface area contributed by atoms with Gasteiger partial charge in [0.2, 0.25) is 0 Å². The second kappa shape index (κ2) is 7.50. The summed E-state index contributed by atoms with van der Waals surface area (Å²) >= 11 is 0. The van der Waals surface area contributed by atoms with Crippen molar-refractivity contribution in [3.05, 3.63) is 71.0 Å². The lowest BCUT2D eigenvalue weighted by Crippen LogP contribution is -2.44. The van der Waals surface area contributed by atoms with E-state index in [0.29, 0.717) is 0 Å². The third kappa shape index (κ3) is 3.84. The van der Waals surface area contributed by atoms with E-state index < -0.39 is 0 Å². The van der Waals surface area contributed by atoms with Crippen LogP contribution in [0.4, 0.5) is 4.39 Å². The molecule has 0 atom stereocenters. The summed E-state index contributed by atoms with van der Waals surface area (Å²) in [4.78, 5) is 2.38. The van der Waals surface area contributed by atoms with Gasteiger partial charge in [-0.15, -0.1) is 0 Å². The molecule has 4 rings (SSSR count). The summed E-state index contributed by atoms with van der Waals surface area (Å²) in [5.41, 5.74) is 4.03. The van der Waals surface area contributed by atoms with Crippen molar-refractivity contribution >= 4 is 0 Å². The summed E-state index contributed by atoms with van der Waals surface area (Å²) in [5.74, 6) is 0.653. The summed E-state index contributed by atoms with van der Waals surface area (Å²) < 4.78 is 13.3. The average molecular weight is 352 g/mol. The van der Waals surface area contributed by atoms with E-state index in [2.05, 4.69) is 41.5 Å². The summed E-state index contributed by atoms with van der Waals surface area (Å²) in [6, 6.07) is 16.1. The largest absolute Gasteiger partial charge is 0.306 e. The van der Waals surface area contributed by atoms with Crippen LogP contribution in [0, 0.1) is 11.7 Å². The van der Waals surface area contributed by atoms with E-state index in [1.54, 1.807) is 12.1 Å². The van der Waals surface area contributed by atoms with Gasteiger partial charge in [0.05, 0.1) is 0 Å². The maximum absolute atomic E-state index is 13.3. The molecule has 1 saturated heterocycles. The second-order valence-electron chi connectivity index (χ2n) is 8.26. The van der Waals surface area contributed by atoms with Crippen molar-refractivity contribution in [3.63, 3.8) is 0 Å². The average Bonchev–Trinajstić information content (AvgIpc) is 3.10. The molecule has 0 radical (unpaired) electrons. The molecule has 1 aliphatic heterocycles. The molecule has 1 N–H and O–H groups in total. The molecule has 2 aromatic rings. The van der Waals surface area contributed by atoms with Crippen LogP contribution in [0.2, 0.25) is 0 Å². The second-order valence-corrected chi connectivity index (χ2v) is 8.26. The maximum atomic E-state index is 13.3. The standard InChI is InChI=1S/C23H29FN2/c1-26-16-20(17-26)14-18-5-4-6-19(13-18)15-25-23(11-2-3-12-23)21-7-9-22(24)10-8-21/h4-10,13,20,25H,2-3,11-12,14-17H2,1H3. The maximum Gasteiger partial charge on any atom is 0.123 e. The van der Waals surface area contributed by atoms with E-state index in [9.17, 15) is 4.39 Å². The van der Waals surface area contributed by atoms with Gasteiger partial charge in [0, 0.05) is 25.2 Å². The van der Waals surface area contributed by atoms with E-state index in [0.717, 1.165) is 25.3 Å². The molecule has 3 heteroatoms. The van der Waals surface area contributed by atoms with Crippen LogP contribution in [-0.2, 0) is 18.5 Å². The van der Waals surface area contributed by atoms with Crippen molar-refractivity contribution in [2.45, 2.75) is 44.2 Å². The molecule has 2 nitrogen and oxygen atoms in total. The summed E-state index contributed by atoms with van der Waals surface area (Å²) in [6.07, 6.45) is 5.92. The fourth-order valence-corrected chi connectivity index (χ4v) is 4.74. The zero-order valence-corrected chi connectivity index (χ0v) is 15.7. The molecule has 2 aromatic carbocycles. The predicted octanol–water partition coefficient (Wildman–Crippen LogP) is 4.49. The van der Waals surface area contributed by atoms with Gasteiger partial charge >= 0.3 is 0 Å². The van der Waals surface area contributed by atoms with Gasteiger partial charge in [0.25, 0.3) is 0 Å². The van der Waals surface area contributed by atoms with Gasteiger partial charge in [0.15, 0.2) is 0 Å². The minimum Gasteiger partial charge on any atom is -0.306 e. The number of nitrogens with zero attached hydrogens (tertiary/aromatic N) is 1. The molecule has 0 aromatic heterocycles. The van der Waals surface area contributed by atoms with Crippen molar-refractivity contribution in [3.8, 4) is 0 Å². The van der Waals surface area contributed by atoms with E-state index >= 15 is 0 Å². The Morgan fingerprint density at radius 2 is 1.73 bits per heavy atom. The molecule has 138 valence electrons. The third-order valence-corrected chi connectivity index (χ3v) is 6.14. The van der Waals surface area contributed by atoms with Crippen molar-refractivity contribution in [1.82, 2.24) is 10.2 Å². The predicted molar refractivity (Wildman–Crippen MR) is 105 cm³/mol. The highest BCUT2D eigenvalue weighted by Crippen LogP contribution is 2.39. The molecule has 1 heterocycles. The lowest BCUT2D eigenvalue weighted by atomic mass is 9.87. The summed E-state index contributed by atoms with van der Waals surface area (Å²) in [7, 11) is 2.19. The third-order valence-electron chi connectivity index (χ3n) is 6.14. The van der Waals surface area contributed by atoms with Gasteiger partial charge in [-0.3, -0.25) is 0 Å². The highest BCUT2D eigenvalue weighted by molar-refractivity contribution is 5.28. The van der Waals surface area contributed by atoms with E-state index in [-0.39, 0.29) is 11.4 Å². The van der Waals surface area contributed by atoms with Crippen LogP contribution >= 0.6 is 0 Å². The molecule has 1 aliphatic carbocycles. The Hall–Kier alpha value is -1.71. The SMILES string of the molecule is CN1CC(Cc2cccc(CNC3(c4ccc(F)cc4)CCCC3)c2)C1. The van der Waals surface area contributed by atoms with Crippen molar-refractivity contribution in [2.75, 3.05) is 20.1 Å². The number of likely N-dealkylation sites (tertiary alicyclic amines) is 1.